The first kappa shape index (κ1) is 27.5. The molecule has 0 aromatic heterocycles. The van der Waals surface area contributed by atoms with E-state index in [0.29, 0.717) is 38.0 Å². The van der Waals surface area contributed by atoms with E-state index in [2.05, 4.69) is 16.0 Å². The number of nitrogens with zero attached hydrogens (tertiary/aromatic N) is 1. The van der Waals surface area contributed by atoms with Gasteiger partial charge in [-0.05, 0) is 48.1 Å². The van der Waals surface area contributed by atoms with Crippen LogP contribution in [0.4, 0.5) is 0 Å². The summed E-state index contributed by atoms with van der Waals surface area (Å²) in [5, 5.41) is 18.5. The van der Waals surface area contributed by atoms with Crippen molar-refractivity contribution in [2.24, 2.45) is 11.7 Å². The Balaban J connectivity index is 1.47. The fourth-order valence-corrected chi connectivity index (χ4v) is 4.93. The van der Waals surface area contributed by atoms with Crippen molar-refractivity contribution in [3.8, 4) is 0 Å². The number of fused-ring (bicyclic) bond motifs is 1. The minimum atomic E-state index is -0.340. The van der Waals surface area contributed by atoms with Gasteiger partial charge < -0.3 is 26.6 Å². The number of guanidine groups is 1. The highest BCUT2D eigenvalue weighted by molar-refractivity contribution is 5.98. The first-order valence-electron chi connectivity index (χ1n) is 13.3. The molecule has 2 aromatic rings. The summed E-state index contributed by atoms with van der Waals surface area (Å²) in [6.07, 6.45) is 8.90. The molecule has 0 saturated heterocycles. The average Bonchev–Trinajstić information content (AvgIpc) is 2.90. The van der Waals surface area contributed by atoms with E-state index in [0.717, 1.165) is 29.7 Å². The number of carbonyl (C=O) groups excluding carboxylic acids is 2. The van der Waals surface area contributed by atoms with Crippen molar-refractivity contribution in [3.63, 3.8) is 0 Å². The van der Waals surface area contributed by atoms with Gasteiger partial charge in [0.15, 0.2) is 5.96 Å². The second-order valence-corrected chi connectivity index (χ2v) is 9.86. The standard InChI is InChI=1S/C28H42N6O2/c1-34(19-15-21-8-3-2-4-9-21)27(36)25(12-7-16-33-28(29)30)31-17-18-32-26(35)24-14-13-22-10-5-6-11-23(22)20-24/h5-6,10-11,13-14,20-21,25,31H,2-4,7-9,12,15-19H2,1H3,(H,32,35)(H4,29,30,33)/t25-/m0/s1. The quantitative estimate of drug-likeness (QED) is 0.166. The van der Waals surface area contributed by atoms with Gasteiger partial charge in [0.05, 0.1) is 6.04 Å². The summed E-state index contributed by atoms with van der Waals surface area (Å²) in [7, 11) is 1.88. The maximum absolute atomic E-state index is 13.2. The number of hydrogen-bond acceptors (Lipinski definition) is 4. The SMILES string of the molecule is CN(CCC1CCCCC1)C(=O)[C@H](CCCNC(=N)N)NCCNC(=O)c1ccc2ccccc2c1. The van der Waals surface area contributed by atoms with Gasteiger partial charge in [-0.25, -0.2) is 0 Å². The Hall–Kier alpha value is -3.13. The molecule has 0 heterocycles. The van der Waals surface area contributed by atoms with Crippen molar-refractivity contribution < 1.29 is 9.59 Å². The molecule has 0 radical (unpaired) electrons. The molecular formula is C28H42N6O2. The lowest BCUT2D eigenvalue weighted by Crippen LogP contribution is -2.48. The maximum Gasteiger partial charge on any atom is 0.251 e. The van der Waals surface area contributed by atoms with Crippen LogP contribution in [0.15, 0.2) is 42.5 Å². The Morgan fingerprint density at radius 1 is 1.03 bits per heavy atom. The van der Waals surface area contributed by atoms with Crippen molar-refractivity contribution in [2.45, 2.75) is 57.4 Å². The molecule has 0 aliphatic heterocycles. The zero-order chi connectivity index (χ0) is 25.8. The van der Waals surface area contributed by atoms with Gasteiger partial charge in [-0.1, -0.05) is 62.4 Å². The first-order chi connectivity index (χ1) is 17.4. The second kappa shape index (κ2) is 14.4. The summed E-state index contributed by atoms with van der Waals surface area (Å²) in [5.41, 5.74) is 6.00. The monoisotopic (exact) mass is 494 g/mol. The highest BCUT2D eigenvalue weighted by Crippen LogP contribution is 2.26. The van der Waals surface area contributed by atoms with Crippen LogP contribution >= 0.6 is 0 Å². The predicted octanol–water partition coefficient (Wildman–Crippen LogP) is 3.22. The van der Waals surface area contributed by atoms with Crippen LogP contribution in [0, 0.1) is 11.3 Å². The lowest BCUT2D eigenvalue weighted by molar-refractivity contribution is -0.132. The van der Waals surface area contributed by atoms with Crippen LogP contribution in [0.2, 0.25) is 0 Å². The number of carbonyl (C=O) groups is 2. The smallest absolute Gasteiger partial charge is 0.251 e. The van der Waals surface area contributed by atoms with E-state index in [-0.39, 0.29) is 23.8 Å². The average molecular weight is 495 g/mol. The molecule has 8 nitrogen and oxygen atoms in total. The fraction of sp³-hybridized carbons (Fsp3) is 0.536. The second-order valence-electron chi connectivity index (χ2n) is 9.86. The van der Waals surface area contributed by atoms with Crippen molar-refractivity contribution in [1.82, 2.24) is 20.9 Å². The van der Waals surface area contributed by atoms with Gasteiger partial charge in [0.1, 0.15) is 0 Å². The summed E-state index contributed by atoms with van der Waals surface area (Å²) in [6, 6.07) is 13.3. The minimum absolute atomic E-state index is 0.0631. The summed E-state index contributed by atoms with van der Waals surface area (Å²) in [4.78, 5) is 27.7. The van der Waals surface area contributed by atoms with Crippen LogP contribution in [0.5, 0.6) is 0 Å². The van der Waals surface area contributed by atoms with Gasteiger partial charge in [0, 0.05) is 38.8 Å². The maximum atomic E-state index is 13.2. The van der Waals surface area contributed by atoms with Crippen molar-refractivity contribution in [3.05, 3.63) is 48.0 Å². The highest BCUT2D eigenvalue weighted by Gasteiger charge is 2.22. The number of rotatable bonds is 13. The van der Waals surface area contributed by atoms with E-state index in [1.54, 1.807) is 0 Å². The molecule has 36 heavy (non-hydrogen) atoms. The molecule has 1 fully saturated rings. The Kier molecular flexibility index (Phi) is 11.0. The molecule has 8 heteroatoms. The Morgan fingerprint density at radius 3 is 2.53 bits per heavy atom. The molecule has 196 valence electrons. The summed E-state index contributed by atoms with van der Waals surface area (Å²) < 4.78 is 0. The minimum Gasteiger partial charge on any atom is -0.370 e. The first-order valence-corrected chi connectivity index (χ1v) is 13.3. The van der Waals surface area contributed by atoms with E-state index in [9.17, 15) is 9.59 Å². The lowest BCUT2D eigenvalue weighted by Gasteiger charge is -2.28. The topological polar surface area (TPSA) is 123 Å². The molecule has 0 unspecified atom stereocenters. The zero-order valence-corrected chi connectivity index (χ0v) is 21.5. The van der Waals surface area contributed by atoms with Crippen molar-refractivity contribution in [2.75, 3.05) is 33.2 Å². The zero-order valence-electron chi connectivity index (χ0n) is 21.5. The van der Waals surface area contributed by atoms with Crippen LogP contribution in [0.3, 0.4) is 0 Å². The number of nitrogens with two attached hydrogens (primary N) is 1. The Labute approximate surface area is 214 Å². The third-order valence-electron chi connectivity index (χ3n) is 7.07. The van der Waals surface area contributed by atoms with Gasteiger partial charge in [-0.15, -0.1) is 0 Å². The summed E-state index contributed by atoms with van der Waals surface area (Å²) in [5.74, 6) is 0.618. The van der Waals surface area contributed by atoms with E-state index in [1.165, 1.54) is 32.1 Å². The third-order valence-corrected chi connectivity index (χ3v) is 7.07. The van der Waals surface area contributed by atoms with Crippen molar-refractivity contribution >= 4 is 28.5 Å². The third kappa shape index (κ3) is 8.82. The van der Waals surface area contributed by atoms with Gasteiger partial charge in [-0.2, -0.15) is 0 Å². The van der Waals surface area contributed by atoms with Gasteiger partial charge in [-0.3, -0.25) is 15.0 Å². The number of likely N-dealkylation sites (N-methyl/N-ethyl adjacent to an activating group) is 1. The molecule has 2 amide bonds. The van der Waals surface area contributed by atoms with Gasteiger partial charge in [0.2, 0.25) is 5.91 Å². The molecule has 0 bridgehead atoms. The van der Waals surface area contributed by atoms with Crippen molar-refractivity contribution in [1.29, 1.82) is 5.41 Å². The Bertz CT molecular complexity index is 1000. The molecule has 0 spiro atoms. The number of benzene rings is 2. The number of amides is 2. The largest absolute Gasteiger partial charge is 0.370 e. The molecule has 2 aromatic carbocycles. The normalized spacial score (nSPS) is 14.8. The fourth-order valence-electron chi connectivity index (χ4n) is 4.93. The van der Waals surface area contributed by atoms with Gasteiger partial charge in [0.25, 0.3) is 5.91 Å². The van der Waals surface area contributed by atoms with Gasteiger partial charge >= 0.3 is 0 Å². The highest BCUT2D eigenvalue weighted by atomic mass is 16.2. The molecular weight excluding hydrogens is 452 g/mol. The number of nitrogens with one attached hydrogen (secondary N) is 4. The Morgan fingerprint density at radius 2 is 1.78 bits per heavy atom. The van der Waals surface area contributed by atoms with Crippen LogP contribution in [0.1, 0.15) is 61.7 Å². The molecule has 3 rings (SSSR count). The molecule has 1 aliphatic carbocycles. The van der Waals surface area contributed by atoms with E-state index in [4.69, 9.17) is 11.1 Å². The van der Waals surface area contributed by atoms with Crippen LogP contribution < -0.4 is 21.7 Å². The summed E-state index contributed by atoms with van der Waals surface area (Å²) in [6.45, 7) is 2.23. The molecule has 1 saturated carbocycles. The predicted molar refractivity (Wildman–Crippen MR) is 146 cm³/mol. The summed E-state index contributed by atoms with van der Waals surface area (Å²) >= 11 is 0. The number of hydrogen-bond donors (Lipinski definition) is 5. The molecule has 1 aliphatic rings. The molecule has 1 atom stereocenters. The lowest BCUT2D eigenvalue weighted by atomic mass is 9.87. The van der Waals surface area contributed by atoms with E-state index in [1.807, 2.05) is 54.4 Å². The van der Waals surface area contributed by atoms with Crippen LogP contribution in [-0.4, -0.2) is 61.9 Å². The van der Waals surface area contributed by atoms with Crippen LogP contribution in [0.25, 0.3) is 10.8 Å². The van der Waals surface area contributed by atoms with Crippen LogP contribution in [-0.2, 0) is 4.79 Å². The molecule has 6 N–H and O–H groups in total. The van der Waals surface area contributed by atoms with E-state index >= 15 is 0 Å². The van der Waals surface area contributed by atoms with E-state index < -0.39 is 0 Å².